The summed E-state index contributed by atoms with van der Waals surface area (Å²) in [6, 6.07) is 6.44. The van der Waals surface area contributed by atoms with Gasteiger partial charge < -0.3 is 0 Å². The molecule has 1 aromatic carbocycles. The molecule has 0 aliphatic carbocycles. The van der Waals surface area contributed by atoms with E-state index in [1.807, 2.05) is 17.1 Å². The van der Waals surface area contributed by atoms with Crippen LogP contribution in [0.5, 0.6) is 0 Å². The first-order valence-electron chi connectivity index (χ1n) is 4.35. The molecule has 0 aliphatic heterocycles. The van der Waals surface area contributed by atoms with Crippen LogP contribution in [-0.2, 0) is 0 Å². The lowest BCUT2D eigenvalue weighted by Gasteiger charge is -2.19. The molecule has 2 heteroatoms. The SMILES string of the molecule is C=C[Si](C=C)(C=C)c1ccc(F)cc1. The lowest BCUT2D eigenvalue weighted by Crippen LogP contribution is -2.42. The zero-order chi connectivity index (χ0) is 10.6. The summed E-state index contributed by atoms with van der Waals surface area (Å²) in [6.07, 6.45) is 0. The van der Waals surface area contributed by atoms with Crippen LogP contribution >= 0.6 is 0 Å². The predicted octanol–water partition coefficient (Wildman–Crippen LogP) is 2.66. The van der Waals surface area contributed by atoms with Gasteiger partial charge in [-0.05, 0) is 17.3 Å². The van der Waals surface area contributed by atoms with E-state index in [1.165, 1.54) is 12.1 Å². The molecule has 14 heavy (non-hydrogen) atoms. The van der Waals surface area contributed by atoms with Crippen molar-refractivity contribution in [1.82, 2.24) is 0 Å². The van der Waals surface area contributed by atoms with Crippen LogP contribution in [0.2, 0.25) is 0 Å². The van der Waals surface area contributed by atoms with Crippen molar-refractivity contribution in [2.45, 2.75) is 0 Å². The monoisotopic (exact) mass is 204 g/mol. The summed E-state index contributed by atoms with van der Waals surface area (Å²) in [6.45, 7) is 11.4. The minimum absolute atomic E-state index is 0.228. The smallest absolute Gasteiger partial charge is 0.156 e. The van der Waals surface area contributed by atoms with Gasteiger partial charge in [0.15, 0.2) is 8.07 Å². The molecule has 0 atom stereocenters. The maximum atomic E-state index is 12.7. The van der Waals surface area contributed by atoms with E-state index < -0.39 is 8.07 Å². The average Bonchev–Trinajstić information content (AvgIpc) is 2.24. The molecule has 72 valence electrons. The highest BCUT2D eigenvalue weighted by molar-refractivity contribution is 7.03. The standard InChI is InChI=1S/C12H13FSi/c1-4-14(5-2,6-3)12-9-7-11(13)8-10-12/h4-10H,1-3H2. The highest BCUT2D eigenvalue weighted by Gasteiger charge is 2.23. The second-order valence-electron chi connectivity index (χ2n) is 3.05. The van der Waals surface area contributed by atoms with Crippen LogP contribution in [0.3, 0.4) is 0 Å². The van der Waals surface area contributed by atoms with Crippen molar-refractivity contribution in [2.75, 3.05) is 0 Å². The molecule has 0 fully saturated rings. The topological polar surface area (TPSA) is 0 Å². The Hall–Kier alpha value is -1.41. The summed E-state index contributed by atoms with van der Waals surface area (Å²) in [4.78, 5) is 0. The minimum atomic E-state index is -1.99. The summed E-state index contributed by atoms with van der Waals surface area (Å²) in [5, 5.41) is 1.05. The molecule has 0 spiro atoms. The highest BCUT2D eigenvalue weighted by atomic mass is 28.3. The Morgan fingerprint density at radius 1 is 0.929 bits per heavy atom. The van der Waals surface area contributed by atoms with Crippen LogP contribution in [0.1, 0.15) is 0 Å². The second kappa shape index (κ2) is 4.20. The molecule has 0 saturated heterocycles. The van der Waals surface area contributed by atoms with E-state index in [-0.39, 0.29) is 5.82 Å². The second-order valence-corrected chi connectivity index (χ2v) is 6.72. The normalized spacial score (nSPS) is 10.6. The van der Waals surface area contributed by atoms with Crippen LogP contribution < -0.4 is 5.19 Å². The third kappa shape index (κ3) is 1.75. The molecule has 0 radical (unpaired) electrons. The molecule has 0 aliphatic rings. The Morgan fingerprint density at radius 2 is 1.36 bits per heavy atom. The molecule has 0 amide bonds. The first kappa shape index (κ1) is 10.7. The number of halogens is 1. The van der Waals surface area contributed by atoms with Crippen molar-refractivity contribution in [1.29, 1.82) is 0 Å². The van der Waals surface area contributed by atoms with Gasteiger partial charge in [0.1, 0.15) is 5.82 Å². The summed E-state index contributed by atoms with van der Waals surface area (Å²) >= 11 is 0. The summed E-state index contributed by atoms with van der Waals surface area (Å²) in [7, 11) is -1.99. The Balaban J connectivity index is 3.24. The van der Waals surface area contributed by atoms with E-state index in [0.29, 0.717) is 0 Å². The number of benzene rings is 1. The molecule has 0 N–H and O–H groups in total. The van der Waals surface area contributed by atoms with Crippen LogP contribution in [0, 0.1) is 5.82 Å². The molecule has 0 nitrogen and oxygen atoms in total. The number of hydrogen-bond donors (Lipinski definition) is 0. The van der Waals surface area contributed by atoms with Crippen molar-refractivity contribution in [3.63, 3.8) is 0 Å². The molecule has 0 unspecified atom stereocenters. The maximum absolute atomic E-state index is 12.7. The van der Waals surface area contributed by atoms with Gasteiger partial charge in [-0.25, -0.2) is 4.39 Å². The van der Waals surface area contributed by atoms with E-state index in [4.69, 9.17) is 0 Å². The van der Waals surface area contributed by atoms with E-state index >= 15 is 0 Å². The van der Waals surface area contributed by atoms with Crippen LogP contribution in [0.4, 0.5) is 4.39 Å². The van der Waals surface area contributed by atoms with E-state index in [2.05, 4.69) is 19.7 Å². The summed E-state index contributed by atoms with van der Waals surface area (Å²) < 4.78 is 12.7. The summed E-state index contributed by atoms with van der Waals surface area (Å²) in [5.74, 6) is -0.228. The molecular formula is C12H13FSi. The molecule has 0 heterocycles. The van der Waals surface area contributed by atoms with E-state index in [1.54, 1.807) is 12.1 Å². The molecular weight excluding hydrogens is 191 g/mol. The first-order chi connectivity index (χ1) is 6.68. The zero-order valence-electron chi connectivity index (χ0n) is 8.04. The molecule has 0 bridgehead atoms. The molecule has 0 aromatic heterocycles. The third-order valence-electron chi connectivity index (χ3n) is 2.36. The fourth-order valence-corrected chi connectivity index (χ4v) is 3.29. The van der Waals surface area contributed by atoms with Gasteiger partial charge in [0.2, 0.25) is 0 Å². The largest absolute Gasteiger partial charge is 0.207 e. The van der Waals surface area contributed by atoms with Gasteiger partial charge in [-0.15, -0.1) is 19.7 Å². The number of hydrogen-bond acceptors (Lipinski definition) is 0. The van der Waals surface area contributed by atoms with Gasteiger partial charge >= 0.3 is 0 Å². The zero-order valence-corrected chi connectivity index (χ0v) is 9.04. The molecule has 1 rings (SSSR count). The van der Waals surface area contributed by atoms with Gasteiger partial charge in [-0.3, -0.25) is 0 Å². The van der Waals surface area contributed by atoms with Crippen molar-refractivity contribution in [2.24, 2.45) is 0 Å². The fraction of sp³-hybridized carbons (Fsp3) is 0. The van der Waals surface area contributed by atoms with Gasteiger partial charge in [-0.2, -0.15) is 0 Å². The van der Waals surface area contributed by atoms with Crippen LogP contribution in [-0.4, -0.2) is 8.07 Å². The maximum Gasteiger partial charge on any atom is 0.156 e. The van der Waals surface area contributed by atoms with Gasteiger partial charge in [0.25, 0.3) is 0 Å². The predicted molar refractivity (Wildman–Crippen MR) is 62.4 cm³/mol. The van der Waals surface area contributed by atoms with Crippen molar-refractivity contribution in [3.05, 3.63) is 66.9 Å². The number of rotatable bonds is 4. The van der Waals surface area contributed by atoms with Crippen molar-refractivity contribution >= 4 is 13.3 Å². The Kier molecular flexibility index (Phi) is 3.20. The minimum Gasteiger partial charge on any atom is -0.207 e. The van der Waals surface area contributed by atoms with E-state index in [9.17, 15) is 4.39 Å². The Bertz CT molecular complexity index is 329. The van der Waals surface area contributed by atoms with Gasteiger partial charge in [0, 0.05) is 0 Å². The van der Waals surface area contributed by atoms with Crippen LogP contribution in [0.15, 0.2) is 61.1 Å². The first-order valence-corrected chi connectivity index (χ1v) is 6.58. The quantitative estimate of drug-likeness (QED) is 0.661. The Labute approximate surface area is 85.1 Å². The molecule has 1 aromatic rings. The lowest BCUT2D eigenvalue weighted by atomic mass is 10.3. The Morgan fingerprint density at radius 3 is 1.71 bits per heavy atom. The fourth-order valence-electron chi connectivity index (χ4n) is 1.34. The van der Waals surface area contributed by atoms with Gasteiger partial charge in [0.05, 0.1) is 0 Å². The lowest BCUT2D eigenvalue weighted by molar-refractivity contribution is 0.628. The average molecular weight is 204 g/mol. The summed E-state index contributed by atoms with van der Waals surface area (Å²) in [5.41, 5.74) is 5.63. The van der Waals surface area contributed by atoms with E-state index in [0.717, 1.165) is 5.19 Å². The van der Waals surface area contributed by atoms with Crippen molar-refractivity contribution in [3.8, 4) is 0 Å². The highest BCUT2D eigenvalue weighted by Crippen LogP contribution is 2.08. The molecule has 0 saturated carbocycles. The van der Waals surface area contributed by atoms with Gasteiger partial charge in [-0.1, -0.05) is 29.2 Å². The van der Waals surface area contributed by atoms with Crippen LogP contribution in [0.25, 0.3) is 0 Å². The third-order valence-corrected chi connectivity index (χ3v) is 5.72. The van der Waals surface area contributed by atoms with Crippen molar-refractivity contribution < 1.29 is 4.39 Å².